The van der Waals surface area contributed by atoms with Gasteiger partial charge in [-0.25, -0.2) is 9.78 Å². The van der Waals surface area contributed by atoms with Crippen molar-refractivity contribution >= 4 is 50.2 Å². The van der Waals surface area contributed by atoms with Gasteiger partial charge >= 0.3 is 5.69 Å². The van der Waals surface area contributed by atoms with Crippen LogP contribution in [0.1, 0.15) is 38.3 Å². The Morgan fingerprint density at radius 3 is 2.44 bits per heavy atom. The molecular weight excluding hydrogens is 616 g/mol. The van der Waals surface area contributed by atoms with Crippen molar-refractivity contribution < 1.29 is 14.3 Å². The van der Waals surface area contributed by atoms with Gasteiger partial charge in [0.15, 0.2) is 21.7 Å². The number of ether oxygens (including phenoxy) is 1. The Balaban J connectivity index is 1.57. The fraction of sp³-hybridized carbons (Fsp3) is 0.323. The molecule has 12 heteroatoms. The van der Waals surface area contributed by atoms with Crippen LogP contribution in [-0.2, 0) is 30.2 Å². The van der Waals surface area contributed by atoms with Crippen LogP contribution in [0.4, 0.5) is 11.4 Å². The van der Waals surface area contributed by atoms with Crippen LogP contribution < -0.4 is 26.2 Å². The number of nitrogens with one attached hydrogen (secondary N) is 1. The van der Waals surface area contributed by atoms with E-state index >= 15 is 0 Å². The van der Waals surface area contributed by atoms with Crippen LogP contribution >= 0.6 is 15.9 Å². The summed E-state index contributed by atoms with van der Waals surface area (Å²) >= 11 is 3.41. The average molecular weight is 648 g/mol. The summed E-state index contributed by atoms with van der Waals surface area (Å²) in [6.07, 6.45) is 0.958. The molecule has 43 heavy (non-hydrogen) atoms. The number of imidazole rings is 1. The maximum Gasteiger partial charge on any atom is 0.332 e. The van der Waals surface area contributed by atoms with Crippen LogP contribution in [0.2, 0.25) is 0 Å². The molecule has 6 rings (SSSR count). The molecule has 0 unspecified atom stereocenters. The third-order valence-corrected chi connectivity index (χ3v) is 8.80. The summed E-state index contributed by atoms with van der Waals surface area (Å²) in [6, 6.07) is 14.0. The number of carbonyl (C=O) groups is 2. The highest BCUT2D eigenvalue weighted by molar-refractivity contribution is 9.10. The Labute approximate surface area is 255 Å². The number of amides is 1. The molecule has 222 valence electrons. The number of benzene rings is 2. The van der Waals surface area contributed by atoms with Gasteiger partial charge in [-0.05, 0) is 57.6 Å². The fourth-order valence-electron chi connectivity index (χ4n) is 6.14. The maximum atomic E-state index is 14.6. The van der Waals surface area contributed by atoms with E-state index in [4.69, 9.17) is 4.74 Å². The zero-order valence-corrected chi connectivity index (χ0v) is 26.1. The van der Waals surface area contributed by atoms with E-state index in [9.17, 15) is 19.2 Å². The van der Waals surface area contributed by atoms with Crippen LogP contribution in [0.15, 0.2) is 74.1 Å². The predicted octanol–water partition coefficient (Wildman–Crippen LogP) is 4.05. The van der Waals surface area contributed by atoms with Crippen LogP contribution in [0.5, 0.6) is 5.75 Å². The molecule has 1 atom stereocenters. The van der Waals surface area contributed by atoms with Gasteiger partial charge in [-0.3, -0.25) is 28.4 Å². The average Bonchev–Trinajstić information content (AvgIpc) is 3.21. The highest BCUT2D eigenvalue weighted by Crippen LogP contribution is 2.48. The standard InChI is InChI=1S/C31H31BrN6O5/c1-31(2)14-20-24(22(39)15-31)25(17-10-12-18(43-5)13-11-17)38(21-9-7-6-8-19(21)33-20)23(40)16-37-26-27(34-29(37)32)35(3)30(42)36(4)28(26)41/h6-13,25,33H,14-16H2,1-5H3/t25-/m1/s1. The number of aromatic nitrogens is 4. The molecule has 0 radical (unpaired) electrons. The van der Waals surface area contributed by atoms with E-state index in [1.54, 1.807) is 12.0 Å². The van der Waals surface area contributed by atoms with E-state index in [2.05, 4.69) is 40.1 Å². The SMILES string of the molecule is COc1ccc([C@@H]2C3=C(CC(C)(C)CC3=O)Nc3ccccc3N2C(=O)Cn2c(Br)nc3c2c(=O)n(C)c(=O)n3C)cc1. The number of anilines is 2. The van der Waals surface area contributed by atoms with Crippen molar-refractivity contribution in [3.05, 3.63) is 90.9 Å². The number of carbonyl (C=O) groups excluding carboxylic acids is 2. The molecule has 1 amide bonds. The molecule has 0 saturated heterocycles. The van der Waals surface area contributed by atoms with Crippen LogP contribution in [0, 0.1) is 5.41 Å². The molecule has 0 saturated carbocycles. The Kier molecular flexibility index (Phi) is 6.91. The van der Waals surface area contributed by atoms with Crippen molar-refractivity contribution in [3.63, 3.8) is 0 Å². The second-order valence-corrected chi connectivity index (χ2v) is 12.5. The Hall–Kier alpha value is -4.45. The number of methoxy groups -OCH3 is 1. The van der Waals surface area contributed by atoms with Gasteiger partial charge in [0.25, 0.3) is 5.56 Å². The monoisotopic (exact) mass is 646 g/mol. The summed E-state index contributed by atoms with van der Waals surface area (Å²) in [6.45, 7) is 3.84. The lowest BCUT2D eigenvalue weighted by Gasteiger charge is -2.37. The normalized spacial score (nSPS) is 17.8. The predicted molar refractivity (Wildman–Crippen MR) is 166 cm³/mol. The van der Waals surface area contributed by atoms with Crippen molar-refractivity contribution in [1.29, 1.82) is 0 Å². The Bertz CT molecular complexity index is 1970. The van der Waals surface area contributed by atoms with Gasteiger partial charge in [0.2, 0.25) is 5.91 Å². The summed E-state index contributed by atoms with van der Waals surface area (Å²) in [5.41, 5.74) is 2.25. The van der Waals surface area contributed by atoms with Crippen LogP contribution in [0.3, 0.4) is 0 Å². The molecule has 1 aliphatic carbocycles. The molecule has 3 heterocycles. The number of para-hydroxylation sites is 2. The molecule has 0 spiro atoms. The van der Waals surface area contributed by atoms with Crippen molar-refractivity contribution in [2.75, 3.05) is 17.3 Å². The van der Waals surface area contributed by atoms with Gasteiger partial charge < -0.3 is 14.6 Å². The van der Waals surface area contributed by atoms with E-state index in [-0.39, 0.29) is 39.5 Å². The highest BCUT2D eigenvalue weighted by atomic mass is 79.9. The van der Waals surface area contributed by atoms with E-state index in [0.717, 1.165) is 15.8 Å². The maximum absolute atomic E-state index is 14.6. The van der Waals surface area contributed by atoms with Crippen LogP contribution in [0.25, 0.3) is 11.2 Å². The molecule has 0 bridgehead atoms. The molecule has 0 fully saturated rings. The number of halogens is 1. The lowest BCUT2D eigenvalue weighted by atomic mass is 9.73. The number of Topliss-reactive ketones (excluding diaryl/α,β-unsaturated/α-hetero) is 1. The van der Waals surface area contributed by atoms with Crippen molar-refractivity contribution in [2.24, 2.45) is 19.5 Å². The molecule has 1 aliphatic heterocycles. The minimum absolute atomic E-state index is 0.0386. The van der Waals surface area contributed by atoms with Crippen molar-refractivity contribution in [2.45, 2.75) is 39.3 Å². The van der Waals surface area contributed by atoms with E-state index in [0.29, 0.717) is 35.5 Å². The first-order valence-electron chi connectivity index (χ1n) is 13.8. The summed E-state index contributed by atoms with van der Waals surface area (Å²) in [4.78, 5) is 60.4. The lowest BCUT2D eigenvalue weighted by Crippen LogP contribution is -2.41. The first-order valence-corrected chi connectivity index (χ1v) is 14.6. The van der Waals surface area contributed by atoms with E-state index in [1.807, 2.05) is 48.5 Å². The molecule has 2 aromatic heterocycles. The molecule has 2 aliphatic rings. The summed E-state index contributed by atoms with van der Waals surface area (Å²) in [5, 5.41) is 3.51. The second-order valence-electron chi connectivity index (χ2n) is 11.8. The van der Waals surface area contributed by atoms with E-state index in [1.165, 1.54) is 23.2 Å². The molecule has 11 nitrogen and oxygen atoms in total. The van der Waals surface area contributed by atoms with Gasteiger partial charge in [-0.2, -0.15) is 0 Å². The van der Waals surface area contributed by atoms with Crippen molar-refractivity contribution in [1.82, 2.24) is 18.7 Å². The van der Waals surface area contributed by atoms with Gasteiger partial charge in [-0.15, -0.1) is 0 Å². The fourth-order valence-corrected chi connectivity index (χ4v) is 6.61. The van der Waals surface area contributed by atoms with Gasteiger partial charge in [0.05, 0.1) is 24.5 Å². The quantitative estimate of drug-likeness (QED) is 0.332. The third-order valence-electron chi connectivity index (χ3n) is 8.20. The minimum Gasteiger partial charge on any atom is -0.497 e. The number of rotatable bonds is 4. The minimum atomic E-state index is -0.756. The smallest absolute Gasteiger partial charge is 0.332 e. The molecule has 4 aromatic rings. The third kappa shape index (κ3) is 4.69. The number of hydrogen-bond donors (Lipinski definition) is 1. The number of aryl methyl sites for hydroxylation is 1. The topological polar surface area (TPSA) is 120 Å². The van der Waals surface area contributed by atoms with Gasteiger partial charge in [0, 0.05) is 31.8 Å². The number of allylic oxidation sites excluding steroid dienone is 1. The number of nitrogens with zero attached hydrogens (tertiary/aromatic N) is 5. The summed E-state index contributed by atoms with van der Waals surface area (Å²) in [5.74, 6) is 0.231. The highest BCUT2D eigenvalue weighted by Gasteiger charge is 2.43. The number of ketones is 1. The van der Waals surface area contributed by atoms with E-state index < -0.39 is 17.3 Å². The first-order chi connectivity index (χ1) is 20.4. The van der Waals surface area contributed by atoms with Crippen LogP contribution in [-0.4, -0.2) is 37.5 Å². The summed E-state index contributed by atoms with van der Waals surface area (Å²) in [7, 11) is 4.49. The Morgan fingerprint density at radius 2 is 1.74 bits per heavy atom. The second kappa shape index (κ2) is 10.4. The molecule has 2 aromatic carbocycles. The zero-order valence-electron chi connectivity index (χ0n) is 24.5. The molecule has 1 N–H and O–H groups in total. The van der Waals surface area contributed by atoms with Gasteiger partial charge in [0.1, 0.15) is 12.3 Å². The zero-order chi connectivity index (χ0) is 30.8. The van der Waals surface area contributed by atoms with Gasteiger partial charge in [-0.1, -0.05) is 38.1 Å². The number of hydrogen-bond acceptors (Lipinski definition) is 7. The lowest BCUT2D eigenvalue weighted by molar-refractivity contribution is -0.120. The number of fused-ring (bicyclic) bond motifs is 2. The summed E-state index contributed by atoms with van der Waals surface area (Å²) < 4.78 is 9.34. The molecular formula is C31H31BrN6O5. The Morgan fingerprint density at radius 1 is 1.05 bits per heavy atom. The largest absolute Gasteiger partial charge is 0.497 e. The van der Waals surface area contributed by atoms with Crippen molar-refractivity contribution in [3.8, 4) is 5.75 Å². The first kappa shape index (κ1) is 28.7.